The van der Waals surface area contributed by atoms with Crippen LogP contribution < -0.4 is 0 Å². The summed E-state index contributed by atoms with van der Waals surface area (Å²) in [5.41, 5.74) is 0.678. The predicted molar refractivity (Wildman–Crippen MR) is 70.1 cm³/mol. The van der Waals surface area contributed by atoms with Gasteiger partial charge < -0.3 is 29.9 Å². The van der Waals surface area contributed by atoms with Gasteiger partial charge in [-0.25, -0.2) is 0 Å². The first-order valence-corrected chi connectivity index (χ1v) is 6.58. The van der Waals surface area contributed by atoms with Gasteiger partial charge in [0.15, 0.2) is 6.29 Å². The van der Waals surface area contributed by atoms with Crippen molar-refractivity contribution in [1.82, 2.24) is 0 Å². The molecule has 0 radical (unpaired) electrons. The van der Waals surface area contributed by atoms with Gasteiger partial charge in [0.25, 0.3) is 0 Å². The van der Waals surface area contributed by atoms with Crippen LogP contribution in [0, 0.1) is 0 Å². The first-order valence-electron chi connectivity index (χ1n) is 6.20. The Kier molecular flexibility index (Phi) is 5.34. The number of rotatable bonds is 4. The van der Waals surface area contributed by atoms with Gasteiger partial charge >= 0.3 is 0 Å². The maximum absolute atomic E-state index is 9.85. The molecule has 1 aromatic rings. The third-order valence-electron chi connectivity index (χ3n) is 3.14. The van der Waals surface area contributed by atoms with Gasteiger partial charge in [0.05, 0.1) is 13.2 Å². The molecule has 2 rings (SSSR count). The van der Waals surface area contributed by atoms with Gasteiger partial charge in [-0.3, -0.25) is 0 Å². The highest BCUT2D eigenvalue weighted by atomic mass is 35.5. The summed E-state index contributed by atoms with van der Waals surface area (Å²) in [5.74, 6) is 0. The van der Waals surface area contributed by atoms with E-state index in [2.05, 4.69) is 0 Å². The largest absolute Gasteiger partial charge is 0.394 e. The highest BCUT2D eigenvalue weighted by molar-refractivity contribution is 6.30. The third kappa shape index (κ3) is 3.48. The molecular weight excluding hydrogens is 288 g/mol. The quantitative estimate of drug-likeness (QED) is 0.616. The van der Waals surface area contributed by atoms with Crippen molar-refractivity contribution in [3.8, 4) is 0 Å². The Balaban J connectivity index is 2.09. The maximum Gasteiger partial charge on any atom is 0.184 e. The predicted octanol–water partition coefficient (Wildman–Crippen LogP) is -0.171. The first kappa shape index (κ1) is 15.7. The summed E-state index contributed by atoms with van der Waals surface area (Å²) in [7, 11) is 0. The lowest BCUT2D eigenvalue weighted by molar-refractivity contribution is -0.284. The lowest BCUT2D eigenvalue weighted by Gasteiger charge is -2.37. The summed E-state index contributed by atoms with van der Waals surface area (Å²) in [5, 5.41) is 38.5. The van der Waals surface area contributed by atoms with E-state index in [9.17, 15) is 15.3 Å². The number of halogens is 1. The van der Waals surface area contributed by atoms with Crippen molar-refractivity contribution < 1.29 is 29.9 Å². The van der Waals surface area contributed by atoms with Gasteiger partial charge in [0.2, 0.25) is 0 Å². The monoisotopic (exact) mass is 304 g/mol. The highest BCUT2D eigenvalue weighted by Crippen LogP contribution is 2.29. The number of benzene rings is 1. The van der Waals surface area contributed by atoms with Crippen LogP contribution in [0.3, 0.4) is 0 Å². The summed E-state index contributed by atoms with van der Waals surface area (Å²) in [6, 6.07) is 6.75. The fraction of sp³-hybridized carbons (Fsp3) is 0.538. The van der Waals surface area contributed by atoms with Crippen molar-refractivity contribution in [2.45, 2.75) is 30.7 Å². The van der Waals surface area contributed by atoms with Crippen LogP contribution in [0.4, 0.5) is 0 Å². The molecule has 1 aliphatic heterocycles. The van der Waals surface area contributed by atoms with Crippen molar-refractivity contribution in [2.75, 3.05) is 13.2 Å². The molecule has 0 spiro atoms. The molecule has 1 aromatic carbocycles. The second-order valence-corrected chi connectivity index (χ2v) is 5.06. The lowest BCUT2D eigenvalue weighted by Crippen LogP contribution is -2.52. The average molecular weight is 305 g/mol. The van der Waals surface area contributed by atoms with Crippen molar-refractivity contribution in [3.63, 3.8) is 0 Å². The van der Waals surface area contributed by atoms with E-state index >= 15 is 0 Å². The summed E-state index contributed by atoms with van der Waals surface area (Å²) < 4.78 is 10.8. The Morgan fingerprint density at radius 3 is 2.50 bits per heavy atom. The molecule has 1 fully saturated rings. The summed E-state index contributed by atoms with van der Waals surface area (Å²) in [6.45, 7) is -0.673. The van der Waals surface area contributed by atoms with Gasteiger partial charge in [-0.05, 0) is 12.1 Å². The van der Waals surface area contributed by atoms with Crippen LogP contribution in [0.1, 0.15) is 11.9 Å². The van der Waals surface area contributed by atoms with Gasteiger partial charge in [-0.15, -0.1) is 0 Å². The molecule has 1 aliphatic rings. The topological polar surface area (TPSA) is 99.4 Å². The van der Waals surface area contributed by atoms with Crippen LogP contribution in [0.5, 0.6) is 0 Å². The Morgan fingerprint density at radius 1 is 1.25 bits per heavy atom. The molecule has 1 heterocycles. The Labute approximate surface area is 121 Å². The van der Waals surface area contributed by atoms with Gasteiger partial charge in [0.1, 0.15) is 24.4 Å². The highest BCUT2D eigenvalue weighted by Gasteiger charge is 2.39. The van der Waals surface area contributed by atoms with E-state index in [1.165, 1.54) is 0 Å². The molecule has 0 bridgehead atoms. The van der Waals surface area contributed by atoms with Crippen molar-refractivity contribution in [1.29, 1.82) is 0 Å². The minimum absolute atomic E-state index is 0.0484. The van der Waals surface area contributed by atoms with Crippen LogP contribution >= 0.6 is 11.6 Å². The normalized spacial score (nSPS) is 29.9. The zero-order valence-corrected chi connectivity index (χ0v) is 11.3. The summed E-state index contributed by atoms with van der Waals surface area (Å²) in [6.07, 6.45) is -5.71. The van der Waals surface area contributed by atoms with Crippen LogP contribution in [-0.4, -0.2) is 58.1 Å². The first-order chi connectivity index (χ1) is 9.52. The number of hydrogen-bond acceptors (Lipinski definition) is 6. The SMILES string of the molecule is OC[C@@H](O)[C@@H](O)[C@@H]1OC(c2ccc(Cl)cc2)OC[C@@H]1O. The third-order valence-corrected chi connectivity index (χ3v) is 3.39. The van der Waals surface area contributed by atoms with E-state index in [0.717, 1.165) is 0 Å². The molecular formula is C13H17ClO6. The number of ether oxygens (including phenoxy) is 2. The molecule has 4 N–H and O–H groups in total. The summed E-state index contributed by atoms with van der Waals surface area (Å²) >= 11 is 5.79. The standard InChI is InChI=1S/C13H17ClO6/c14-8-3-1-7(2-4-8)13-19-6-10(17)12(20-13)11(18)9(16)5-15/h1-4,9-13,15-18H,5-6H2/t9-,10+,11-,12-,13?/m1/s1. The van der Waals surface area contributed by atoms with Crippen LogP contribution in [0.2, 0.25) is 5.02 Å². The van der Waals surface area contributed by atoms with E-state index in [1.807, 2.05) is 0 Å². The maximum atomic E-state index is 9.85. The van der Waals surface area contributed by atoms with Crippen molar-refractivity contribution in [3.05, 3.63) is 34.9 Å². The minimum Gasteiger partial charge on any atom is -0.394 e. The van der Waals surface area contributed by atoms with E-state index in [1.54, 1.807) is 24.3 Å². The molecule has 1 saturated heterocycles. The van der Waals surface area contributed by atoms with Crippen LogP contribution in [0.15, 0.2) is 24.3 Å². The van der Waals surface area contributed by atoms with E-state index < -0.39 is 37.3 Å². The van der Waals surface area contributed by atoms with Gasteiger partial charge in [0, 0.05) is 10.6 Å². The number of hydrogen-bond donors (Lipinski definition) is 4. The Morgan fingerprint density at radius 2 is 1.90 bits per heavy atom. The Hall–Kier alpha value is -0.730. The van der Waals surface area contributed by atoms with Gasteiger partial charge in [-0.2, -0.15) is 0 Å². The second-order valence-electron chi connectivity index (χ2n) is 4.63. The zero-order chi connectivity index (χ0) is 14.7. The average Bonchev–Trinajstić information content (AvgIpc) is 2.47. The van der Waals surface area contributed by atoms with Crippen LogP contribution in [0.25, 0.3) is 0 Å². The van der Waals surface area contributed by atoms with Crippen molar-refractivity contribution in [2.24, 2.45) is 0 Å². The fourth-order valence-electron chi connectivity index (χ4n) is 1.98. The molecule has 0 aromatic heterocycles. The molecule has 5 atom stereocenters. The molecule has 0 aliphatic carbocycles. The Bertz CT molecular complexity index is 425. The molecule has 1 unspecified atom stereocenters. The lowest BCUT2D eigenvalue weighted by atomic mass is 10.0. The molecule has 112 valence electrons. The van der Waals surface area contributed by atoms with E-state index in [4.69, 9.17) is 26.2 Å². The van der Waals surface area contributed by atoms with Crippen LogP contribution in [-0.2, 0) is 9.47 Å². The molecule has 0 amide bonds. The molecule has 6 nitrogen and oxygen atoms in total. The second kappa shape index (κ2) is 6.82. The molecule has 20 heavy (non-hydrogen) atoms. The minimum atomic E-state index is -1.41. The summed E-state index contributed by atoms with van der Waals surface area (Å²) in [4.78, 5) is 0. The zero-order valence-electron chi connectivity index (χ0n) is 10.6. The number of aliphatic hydroxyl groups is 4. The number of aliphatic hydroxyl groups excluding tert-OH is 4. The smallest absolute Gasteiger partial charge is 0.184 e. The molecule has 7 heteroatoms. The van der Waals surface area contributed by atoms with Gasteiger partial charge in [-0.1, -0.05) is 23.7 Å². The fourth-order valence-corrected chi connectivity index (χ4v) is 2.11. The van der Waals surface area contributed by atoms with E-state index in [0.29, 0.717) is 10.6 Å². The van der Waals surface area contributed by atoms with E-state index in [-0.39, 0.29) is 6.61 Å². The van der Waals surface area contributed by atoms with Crippen molar-refractivity contribution >= 4 is 11.6 Å². The molecule has 0 saturated carbocycles.